The monoisotopic (exact) mass is 351 g/mol. The molecule has 0 bridgehead atoms. The van der Waals surface area contributed by atoms with Crippen molar-refractivity contribution >= 4 is 18.2 Å². The van der Waals surface area contributed by atoms with Crippen LogP contribution in [0.1, 0.15) is 12.8 Å². The summed E-state index contributed by atoms with van der Waals surface area (Å²) in [7, 11) is 1.41. The number of halogens is 1. The van der Waals surface area contributed by atoms with E-state index in [1.807, 2.05) is 0 Å². The van der Waals surface area contributed by atoms with E-state index < -0.39 is 5.82 Å². The summed E-state index contributed by atoms with van der Waals surface area (Å²) in [5.41, 5.74) is 0.284. The molecule has 1 fully saturated rings. The summed E-state index contributed by atoms with van der Waals surface area (Å²) in [6.45, 7) is 1.93. The molecule has 0 radical (unpaired) electrons. The van der Waals surface area contributed by atoms with E-state index in [4.69, 9.17) is 21.4 Å². The molecule has 1 aromatic carbocycles. The number of esters is 1. The van der Waals surface area contributed by atoms with Gasteiger partial charge in [-0.05, 0) is 37.2 Å². The Labute approximate surface area is 143 Å². The van der Waals surface area contributed by atoms with Gasteiger partial charge in [-0.3, -0.25) is 9.69 Å². The van der Waals surface area contributed by atoms with Gasteiger partial charge in [-0.25, -0.2) is 9.07 Å². The van der Waals surface area contributed by atoms with Crippen LogP contribution in [0.25, 0.3) is 11.5 Å². The Balaban J connectivity index is 1.68. The van der Waals surface area contributed by atoms with E-state index in [9.17, 15) is 9.18 Å². The van der Waals surface area contributed by atoms with Crippen LogP contribution in [-0.2, 0) is 16.2 Å². The van der Waals surface area contributed by atoms with E-state index in [-0.39, 0.29) is 28.2 Å². The van der Waals surface area contributed by atoms with Crippen molar-refractivity contribution in [3.63, 3.8) is 0 Å². The van der Waals surface area contributed by atoms with Crippen molar-refractivity contribution in [2.45, 2.75) is 19.5 Å². The number of carbonyl (C=O) groups excluding carboxylic acids is 1. The zero-order valence-electron chi connectivity index (χ0n) is 13.3. The quantitative estimate of drug-likeness (QED) is 0.624. The number of aromatic nitrogens is 2. The fourth-order valence-electron chi connectivity index (χ4n) is 2.81. The summed E-state index contributed by atoms with van der Waals surface area (Å²) >= 11 is 5.18. The molecule has 1 aliphatic rings. The van der Waals surface area contributed by atoms with Crippen LogP contribution in [0.2, 0.25) is 0 Å². The molecule has 6 nitrogen and oxygen atoms in total. The Bertz CT molecular complexity index is 781. The predicted octanol–water partition coefficient (Wildman–Crippen LogP) is 2.85. The number of nitrogens with zero attached hydrogens (tertiary/aromatic N) is 3. The van der Waals surface area contributed by atoms with E-state index in [0.717, 1.165) is 25.9 Å². The average molecular weight is 351 g/mol. The van der Waals surface area contributed by atoms with Crippen molar-refractivity contribution in [2.75, 3.05) is 20.2 Å². The van der Waals surface area contributed by atoms with E-state index in [2.05, 4.69) is 10.00 Å². The van der Waals surface area contributed by atoms with E-state index in [1.54, 1.807) is 18.2 Å². The number of hydrogen-bond donors (Lipinski definition) is 0. The molecule has 2 aromatic rings. The number of ether oxygens (including phenoxy) is 1. The van der Waals surface area contributed by atoms with Crippen molar-refractivity contribution in [1.82, 2.24) is 14.7 Å². The first-order valence-electron chi connectivity index (χ1n) is 7.71. The molecule has 2 heterocycles. The van der Waals surface area contributed by atoms with E-state index in [1.165, 1.54) is 17.9 Å². The molecule has 0 atom stereocenters. The highest BCUT2D eigenvalue weighted by molar-refractivity contribution is 7.71. The maximum atomic E-state index is 13.8. The highest BCUT2D eigenvalue weighted by Gasteiger charge is 2.26. The lowest BCUT2D eigenvalue weighted by Crippen LogP contribution is -2.38. The van der Waals surface area contributed by atoms with Gasteiger partial charge < -0.3 is 9.15 Å². The summed E-state index contributed by atoms with van der Waals surface area (Å²) in [5, 5.41) is 4.28. The summed E-state index contributed by atoms with van der Waals surface area (Å²) in [4.78, 5) is 13.9. The van der Waals surface area contributed by atoms with Crippen molar-refractivity contribution in [3.05, 3.63) is 34.9 Å². The van der Waals surface area contributed by atoms with Gasteiger partial charge >= 0.3 is 5.97 Å². The zero-order valence-corrected chi connectivity index (χ0v) is 14.1. The number of carbonyl (C=O) groups is 1. The van der Waals surface area contributed by atoms with Crippen LogP contribution in [0.3, 0.4) is 0 Å². The van der Waals surface area contributed by atoms with E-state index >= 15 is 0 Å². The first-order chi connectivity index (χ1) is 11.6. The van der Waals surface area contributed by atoms with Crippen molar-refractivity contribution in [1.29, 1.82) is 0 Å². The second kappa shape index (κ2) is 7.23. The zero-order chi connectivity index (χ0) is 17.1. The third-order valence-corrected chi connectivity index (χ3v) is 4.46. The number of piperidine rings is 1. The lowest BCUT2D eigenvalue weighted by atomic mass is 9.97. The lowest BCUT2D eigenvalue weighted by Gasteiger charge is -2.29. The van der Waals surface area contributed by atoms with Crippen molar-refractivity contribution in [2.24, 2.45) is 5.92 Å². The van der Waals surface area contributed by atoms with Crippen LogP contribution in [0.15, 0.2) is 28.7 Å². The molecule has 1 aliphatic heterocycles. The van der Waals surface area contributed by atoms with Crippen LogP contribution in [-0.4, -0.2) is 40.8 Å². The minimum absolute atomic E-state index is 0.0505. The SMILES string of the molecule is COC(=O)C1CCN(Cn2nc(-c3ccccc3F)oc2=S)CC1. The fourth-order valence-corrected chi connectivity index (χ4v) is 2.98. The Morgan fingerprint density at radius 2 is 2.12 bits per heavy atom. The molecule has 0 aliphatic carbocycles. The highest BCUT2D eigenvalue weighted by atomic mass is 32.1. The van der Waals surface area contributed by atoms with Crippen LogP contribution in [0.4, 0.5) is 4.39 Å². The van der Waals surface area contributed by atoms with Gasteiger partial charge in [0.25, 0.3) is 4.84 Å². The molecular weight excluding hydrogens is 333 g/mol. The molecule has 0 N–H and O–H groups in total. The molecule has 0 unspecified atom stereocenters. The third-order valence-electron chi connectivity index (χ3n) is 4.17. The summed E-state index contributed by atoms with van der Waals surface area (Å²) in [6, 6.07) is 6.27. The lowest BCUT2D eigenvalue weighted by molar-refractivity contribution is -0.147. The van der Waals surface area contributed by atoms with Gasteiger partial charge in [0.15, 0.2) is 0 Å². The van der Waals surface area contributed by atoms with Gasteiger partial charge in [-0.1, -0.05) is 12.1 Å². The second-order valence-electron chi connectivity index (χ2n) is 5.71. The number of rotatable bonds is 4. The van der Waals surface area contributed by atoms with Gasteiger partial charge in [0, 0.05) is 13.1 Å². The molecule has 1 aromatic heterocycles. The molecular formula is C16H18FN3O3S. The maximum Gasteiger partial charge on any atom is 0.308 e. The first kappa shape index (κ1) is 16.8. The topological polar surface area (TPSA) is 60.5 Å². The molecule has 3 rings (SSSR count). The van der Waals surface area contributed by atoms with Gasteiger partial charge in [-0.2, -0.15) is 0 Å². The summed E-state index contributed by atoms with van der Waals surface area (Å²) < 4.78 is 25.6. The van der Waals surface area contributed by atoms with Crippen LogP contribution >= 0.6 is 12.2 Å². The Kier molecular flexibility index (Phi) is 5.06. The standard InChI is InChI=1S/C16H18FN3O3S/c1-22-15(21)11-6-8-19(9-7-11)10-20-16(24)23-14(18-20)12-4-2-3-5-13(12)17/h2-5,11H,6-10H2,1H3. The Hall–Kier alpha value is -2.06. The van der Waals surface area contributed by atoms with E-state index in [0.29, 0.717) is 6.67 Å². The van der Waals surface area contributed by atoms with Crippen LogP contribution in [0, 0.1) is 16.6 Å². The third kappa shape index (κ3) is 3.54. The van der Waals surface area contributed by atoms with Crippen LogP contribution < -0.4 is 0 Å². The molecule has 128 valence electrons. The molecule has 0 saturated carbocycles. The van der Waals surface area contributed by atoms with Gasteiger partial charge in [0.2, 0.25) is 5.89 Å². The highest BCUT2D eigenvalue weighted by Crippen LogP contribution is 2.22. The Morgan fingerprint density at radius 3 is 2.79 bits per heavy atom. The predicted molar refractivity (Wildman–Crippen MR) is 87.0 cm³/mol. The van der Waals surface area contributed by atoms with Crippen molar-refractivity contribution < 1.29 is 18.3 Å². The fraction of sp³-hybridized carbons (Fsp3) is 0.438. The summed E-state index contributed by atoms with van der Waals surface area (Å²) in [6.07, 6.45) is 1.47. The normalized spacial score (nSPS) is 16.2. The smallest absolute Gasteiger partial charge is 0.308 e. The van der Waals surface area contributed by atoms with Gasteiger partial charge in [-0.15, -0.1) is 5.10 Å². The second-order valence-corrected chi connectivity index (χ2v) is 6.06. The molecule has 24 heavy (non-hydrogen) atoms. The molecule has 8 heteroatoms. The largest absolute Gasteiger partial charge is 0.469 e. The molecule has 0 spiro atoms. The number of methoxy groups -OCH3 is 1. The molecule has 1 saturated heterocycles. The maximum absolute atomic E-state index is 13.8. The number of likely N-dealkylation sites (tertiary alicyclic amines) is 1. The van der Waals surface area contributed by atoms with Crippen LogP contribution in [0.5, 0.6) is 0 Å². The molecule has 0 amide bonds. The minimum Gasteiger partial charge on any atom is -0.469 e. The average Bonchev–Trinajstić information content (AvgIpc) is 2.95. The number of hydrogen-bond acceptors (Lipinski definition) is 6. The number of benzene rings is 1. The minimum atomic E-state index is -0.403. The summed E-state index contributed by atoms with van der Waals surface area (Å²) in [5.74, 6) is -0.442. The van der Waals surface area contributed by atoms with Crippen molar-refractivity contribution in [3.8, 4) is 11.5 Å². The Morgan fingerprint density at radius 1 is 1.42 bits per heavy atom. The van der Waals surface area contributed by atoms with Gasteiger partial charge in [0.05, 0.1) is 25.3 Å². The first-order valence-corrected chi connectivity index (χ1v) is 8.12. The van der Waals surface area contributed by atoms with Gasteiger partial charge in [0.1, 0.15) is 5.82 Å².